The lowest BCUT2D eigenvalue weighted by Gasteiger charge is -2.26. The predicted octanol–water partition coefficient (Wildman–Crippen LogP) is 3.19. The largest absolute Gasteiger partial charge is 0.371 e. The molecular weight excluding hydrogens is 344 g/mol. The van der Waals surface area contributed by atoms with Gasteiger partial charge >= 0.3 is 0 Å². The van der Waals surface area contributed by atoms with E-state index in [1.807, 2.05) is 18.3 Å². The molecule has 1 aliphatic carbocycles. The average Bonchev–Trinajstić information content (AvgIpc) is 3.17. The van der Waals surface area contributed by atoms with E-state index < -0.39 is 0 Å². The number of carbonyl (C=O) groups excluding carboxylic acids is 1. The Bertz CT molecular complexity index is 887. The molecule has 0 unspecified atom stereocenters. The van der Waals surface area contributed by atoms with Crippen LogP contribution < -0.4 is 4.90 Å². The summed E-state index contributed by atoms with van der Waals surface area (Å²) < 4.78 is 0. The van der Waals surface area contributed by atoms with Crippen LogP contribution in [0.25, 0.3) is 10.6 Å². The van der Waals surface area contributed by atoms with Gasteiger partial charge < -0.3 is 4.90 Å². The van der Waals surface area contributed by atoms with E-state index in [-0.39, 0.29) is 5.91 Å². The minimum atomic E-state index is 0.173. The molecule has 1 saturated heterocycles. The van der Waals surface area contributed by atoms with Crippen molar-refractivity contribution >= 4 is 23.1 Å². The van der Waals surface area contributed by atoms with Crippen LogP contribution in [-0.2, 0) is 17.6 Å². The number of rotatable bonds is 3. The molecule has 0 radical (unpaired) electrons. The Morgan fingerprint density at radius 1 is 1.08 bits per heavy atom. The minimum absolute atomic E-state index is 0.173. The van der Waals surface area contributed by atoms with Crippen LogP contribution in [0.4, 0.5) is 5.82 Å². The second-order valence-corrected chi connectivity index (χ2v) is 7.96. The molecule has 2 aromatic heterocycles. The lowest BCUT2D eigenvalue weighted by molar-refractivity contribution is -0.117. The molecule has 5 rings (SSSR count). The third kappa shape index (κ3) is 2.74. The molecule has 132 valence electrons. The first kappa shape index (κ1) is 15.8. The van der Waals surface area contributed by atoms with E-state index in [1.165, 1.54) is 16.3 Å². The second kappa shape index (κ2) is 6.36. The zero-order chi connectivity index (χ0) is 17.5. The molecule has 2 aliphatic heterocycles. The fourth-order valence-corrected chi connectivity index (χ4v) is 4.79. The lowest BCUT2D eigenvalue weighted by Crippen LogP contribution is -2.26. The standard InChI is InChI=1S/C20H20N4OS/c25-19-5-2-10-24(19)18-7-6-14(13-21-18)20-22-16-8-11-23(15-3-1-4-15)12-9-17(16)26-20/h1,3-4,6-7,13H,2,5,8-12H2. The zero-order valence-corrected chi connectivity index (χ0v) is 15.3. The second-order valence-electron chi connectivity index (χ2n) is 6.88. The van der Waals surface area contributed by atoms with Crippen molar-refractivity contribution < 1.29 is 4.79 Å². The molecule has 26 heavy (non-hydrogen) atoms. The minimum Gasteiger partial charge on any atom is -0.371 e. The Hall–Kier alpha value is -2.47. The quantitative estimate of drug-likeness (QED) is 0.839. The maximum absolute atomic E-state index is 11.9. The summed E-state index contributed by atoms with van der Waals surface area (Å²) in [7, 11) is 0. The van der Waals surface area contributed by atoms with Crippen LogP contribution in [0.3, 0.4) is 0 Å². The highest BCUT2D eigenvalue weighted by Crippen LogP contribution is 2.32. The number of thiazole rings is 1. The topological polar surface area (TPSA) is 49.3 Å². The Kier molecular flexibility index (Phi) is 3.85. The van der Waals surface area contributed by atoms with Gasteiger partial charge in [0.25, 0.3) is 0 Å². The SMILES string of the molecule is O=C1CCCN1c1ccc(-c2nc3c(s2)CCN(C2=CC=C2)CC3)cn1. The summed E-state index contributed by atoms with van der Waals surface area (Å²) in [6, 6.07) is 3.99. The van der Waals surface area contributed by atoms with Crippen LogP contribution in [-0.4, -0.2) is 40.4 Å². The fourth-order valence-electron chi connectivity index (χ4n) is 3.70. The van der Waals surface area contributed by atoms with E-state index in [1.54, 1.807) is 16.2 Å². The van der Waals surface area contributed by atoms with Gasteiger partial charge in [-0.25, -0.2) is 9.97 Å². The highest BCUT2D eigenvalue weighted by molar-refractivity contribution is 7.15. The molecule has 2 aromatic rings. The molecule has 0 bridgehead atoms. The first-order valence-electron chi connectivity index (χ1n) is 9.16. The number of carbonyl (C=O) groups is 1. The first-order valence-corrected chi connectivity index (χ1v) is 9.98. The van der Waals surface area contributed by atoms with Crippen molar-refractivity contribution in [2.75, 3.05) is 24.5 Å². The Morgan fingerprint density at radius 3 is 2.65 bits per heavy atom. The smallest absolute Gasteiger partial charge is 0.228 e. The summed E-state index contributed by atoms with van der Waals surface area (Å²) in [5.41, 5.74) is 3.62. The molecule has 0 atom stereocenters. The Labute approximate surface area is 156 Å². The van der Waals surface area contributed by atoms with Crippen LogP contribution in [0.15, 0.2) is 42.3 Å². The summed E-state index contributed by atoms with van der Waals surface area (Å²) >= 11 is 1.78. The van der Waals surface area contributed by atoms with Crippen molar-refractivity contribution in [3.63, 3.8) is 0 Å². The summed E-state index contributed by atoms with van der Waals surface area (Å²) in [6.45, 7) is 2.86. The predicted molar refractivity (Wildman–Crippen MR) is 103 cm³/mol. The molecule has 4 heterocycles. The van der Waals surface area contributed by atoms with Crippen molar-refractivity contribution in [1.29, 1.82) is 0 Å². The van der Waals surface area contributed by atoms with Crippen LogP contribution >= 0.6 is 11.3 Å². The molecule has 5 nitrogen and oxygen atoms in total. The number of aromatic nitrogens is 2. The number of anilines is 1. The summed E-state index contributed by atoms with van der Waals surface area (Å²) in [6.07, 6.45) is 11.9. The van der Waals surface area contributed by atoms with Gasteiger partial charge in [0, 0.05) is 61.2 Å². The highest BCUT2D eigenvalue weighted by atomic mass is 32.1. The van der Waals surface area contributed by atoms with E-state index in [4.69, 9.17) is 4.98 Å². The molecule has 1 amide bonds. The molecule has 0 spiro atoms. The molecule has 0 saturated carbocycles. The normalized spacial score (nSPS) is 19.2. The number of allylic oxidation sites excluding steroid dienone is 3. The molecule has 0 N–H and O–H groups in total. The van der Waals surface area contributed by atoms with Crippen molar-refractivity contribution in [2.45, 2.75) is 25.7 Å². The number of pyridine rings is 1. The highest BCUT2D eigenvalue weighted by Gasteiger charge is 2.23. The third-order valence-electron chi connectivity index (χ3n) is 5.25. The van der Waals surface area contributed by atoms with Crippen LogP contribution in [0, 0.1) is 0 Å². The van der Waals surface area contributed by atoms with Gasteiger partial charge in [-0.1, -0.05) is 6.08 Å². The van der Waals surface area contributed by atoms with E-state index in [2.05, 4.69) is 28.1 Å². The summed E-state index contributed by atoms with van der Waals surface area (Å²) in [4.78, 5) is 26.9. The van der Waals surface area contributed by atoms with Gasteiger partial charge in [-0.15, -0.1) is 11.3 Å². The maximum atomic E-state index is 11.9. The van der Waals surface area contributed by atoms with Crippen LogP contribution in [0.1, 0.15) is 23.4 Å². The Balaban J connectivity index is 1.33. The Morgan fingerprint density at radius 2 is 1.96 bits per heavy atom. The number of hydrogen-bond acceptors (Lipinski definition) is 5. The summed E-state index contributed by atoms with van der Waals surface area (Å²) in [5, 5.41) is 1.04. The zero-order valence-electron chi connectivity index (χ0n) is 14.5. The fraction of sp³-hybridized carbons (Fsp3) is 0.350. The molecule has 6 heteroatoms. The van der Waals surface area contributed by atoms with Gasteiger partial charge in [-0.3, -0.25) is 9.69 Å². The molecule has 0 aromatic carbocycles. The van der Waals surface area contributed by atoms with E-state index in [0.717, 1.165) is 55.3 Å². The number of amides is 1. The van der Waals surface area contributed by atoms with Crippen molar-refractivity contribution in [2.24, 2.45) is 0 Å². The van der Waals surface area contributed by atoms with Crippen molar-refractivity contribution in [3.05, 3.63) is 52.8 Å². The monoisotopic (exact) mass is 364 g/mol. The van der Waals surface area contributed by atoms with Gasteiger partial charge in [0.05, 0.1) is 5.69 Å². The van der Waals surface area contributed by atoms with Gasteiger partial charge in [0.15, 0.2) is 0 Å². The average molecular weight is 364 g/mol. The molecule has 1 fully saturated rings. The molecular formula is C20H20N4OS. The van der Waals surface area contributed by atoms with E-state index in [9.17, 15) is 4.79 Å². The summed E-state index contributed by atoms with van der Waals surface area (Å²) in [5.74, 6) is 0.930. The van der Waals surface area contributed by atoms with Gasteiger partial charge in [0.1, 0.15) is 10.8 Å². The van der Waals surface area contributed by atoms with E-state index in [0.29, 0.717) is 6.42 Å². The van der Waals surface area contributed by atoms with Gasteiger partial charge in [-0.2, -0.15) is 0 Å². The molecule has 3 aliphatic rings. The lowest BCUT2D eigenvalue weighted by atomic mass is 10.2. The van der Waals surface area contributed by atoms with Crippen LogP contribution in [0.5, 0.6) is 0 Å². The first-order chi connectivity index (χ1) is 12.8. The van der Waals surface area contributed by atoms with Crippen molar-refractivity contribution in [1.82, 2.24) is 14.9 Å². The maximum Gasteiger partial charge on any atom is 0.228 e. The van der Waals surface area contributed by atoms with Crippen LogP contribution in [0.2, 0.25) is 0 Å². The number of hydrogen-bond donors (Lipinski definition) is 0. The van der Waals surface area contributed by atoms with Crippen molar-refractivity contribution in [3.8, 4) is 10.6 Å². The van der Waals surface area contributed by atoms with Gasteiger partial charge in [0.2, 0.25) is 5.91 Å². The third-order valence-corrected chi connectivity index (χ3v) is 6.46. The van der Waals surface area contributed by atoms with Gasteiger partial charge in [-0.05, 0) is 30.7 Å². The van der Waals surface area contributed by atoms with E-state index >= 15 is 0 Å². The number of nitrogens with zero attached hydrogens (tertiary/aromatic N) is 4. The number of fused-ring (bicyclic) bond motifs is 1.